The lowest BCUT2D eigenvalue weighted by Gasteiger charge is -2.03. The zero-order chi connectivity index (χ0) is 21.2. The molecule has 0 aliphatic carbocycles. The number of aromatic nitrogens is 5. The van der Waals surface area contributed by atoms with Crippen LogP contribution in [0.4, 0.5) is 4.39 Å². The Hall–Kier alpha value is -4.00. The van der Waals surface area contributed by atoms with Crippen LogP contribution in [0.15, 0.2) is 67.0 Å². The lowest BCUT2D eigenvalue weighted by Crippen LogP contribution is -1.96. The van der Waals surface area contributed by atoms with Crippen molar-refractivity contribution in [3.63, 3.8) is 0 Å². The van der Waals surface area contributed by atoms with Gasteiger partial charge >= 0.3 is 0 Å². The van der Waals surface area contributed by atoms with Gasteiger partial charge in [0.25, 0.3) is 0 Å². The van der Waals surface area contributed by atoms with Crippen molar-refractivity contribution < 1.29 is 9.13 Å². The number of nitrogens with zero attached hydrogens (tertiary/aromatic N) is 4. The first kappa shape index (κ1) is 19.0. The van der Waals surface area contributed by atoms with E-state index in [0.29, 0.717) is 13.2 Å². The van der Waals surface area contributed by atoms with Gasteiger partial charge in [-0.3, -0.25) is 4.98 Å². The summed E-state index contributed by atoms with van der Waals surface area (Å²) in [4.78, 5) is 7.77. The Morgan fingerprint density at radius 2 is 1.97 bits per heavy atom. The largest absolute Gasteiger partial charge is 0.487 e. The third-order valence-corrected chi connectivity index (χ3v) is 5.13. The number of aryl methyl sites for hydroxylation is 1. The molecule has 154 valence electrons. The third kappa shape index (κ3) is 4.02. The maximum absolute atomic E-state index is 13.0. The zero-order valence-electron chi connectivity index (χ0n) is 16.9. The number of ether oxygens (including phenoxy) is 1. The lowest BCUT2D eigenvalue weighted by atomic mass is 10.1. The normalized spacial score (nSPS) is 11.7. The molecule has 0 fully saturated rings. The molecule has 0 radical (unpaired) electrons. The van der Waals surface area contributed by atoms with Crippen LogP contribution in [0.1, 0.15) is 17.0 Å². The molecule has 7 heteroatoms. The van der Waals surface area contributed by atoms with Crippen molar-refractivity contribution >= 4 is 27.9 Å². The average molecular weight is 413 g/mol. The second-order valence-corrected chi connectivity index (χ2v) is 7.33. The van der Waals surface area contributed by atoms with Gasteiger partial charge in [0.2, 0.25) is 0 Å². The molecule has 2 aromatic carbocycles. The number of rotatable bonds is 6. The van der Waals surface area contributed by atoms with E-state index in [1.165, 1.54) is 12.1 Å². The van der Waals surface area contributed by atoms with Gasteiger partial charge in [0.05, 0.1) is 29.5 Å². The van der Waals surface area contributed by atoms with E-state index in [9.17, 15) is 4.39 Å². The van der Waals surface area contributed by atoms with Crippen molar-refractivity contribution in [2.45, 2.75) is 20.1 Å². The Kier molecular flexibility index (Phi) is 4.92. The van der Waals surface area contributed by atoms with E-state index in [4.69, 9.17) is 4.74 Å². The molecule has 0 aliphatic heterocycles. The Bertz CT molecular complexity index is 1380. The number of pyridine rings is 1. The molecule has 0 unspecified atom stereocenters. The molecule has 0 atom stereocenters. The Morgan fingerprint density at radius 1 is 1.10 bits per heavy atom. The van der Waals surface area contributed by atoms with E-state index >= 15 is 0 Å². The Morgan fingerprint density at radius 3 is 2.84 bits per heavy atom. The molecule has 6 nitrogen and oxygen atoms in total. The van der Waals surface area contributed by atoms with Gasteiger partial charge in [-0.15, -0.1) is 5.10 Å². The summed E-state index contributed by atoms with van der Waals surface area (Å²) in [6.07, 6.45) is 7.55. The number of benzene rings is 2. The topological polar surface area (TPSA) is 68.6 Å². The molecule has 31 heavy (non-hydrogen) atoms. The van der Waals surface area contributed by atoms with Gasteiger partial charge in [-0.1, -0.05) is 29.5 Å². The standard InChI is InChI=1S/C24H20FN5O/c1-16-24-22(10-11-26-16)21-9-8-20(13-23(21)27-24)31-15-19-14-30(29-28-19)12-2-3-17-4-6-18(25)7-5-17/h2-11,13-14,27H,12,15H2,1H3/b3-2+. The summed E-state index contributed by atoms with van der Waals surface area (Å²) in [7, 11) is 0. The van der Waals surface area contributed by atoms with E-state index in [1.807, 2.05) is 49.7 Å². The minimum atomic E-state index is -0.242. The van der Waals surface area contributed by atoms with Crippen LogP contribution in [0.2, 0.25) is 0 Å². The number of H-pyrrole nitrogens is 1. The molecule has 5 aromatic rings. The van der Waals surface area contributed by atoms with Gasteiger partial charge in [-0.05, 0) is 42.8 Å². The summed E-state index contributed by atoms with van der Waals surface area (Å²) in [5.74, 6) is 0.518. The summed E-state index contributed by atoms with van der Waals surface area (Å²) < 4.78 is 20.6. The monoisotopic (exact) mass is 413 g/mol. The number of nitrogens with one attached hydrogen (secondary N) is 1. The Labute approximate surface area is 178 Å². The van der Waals surface area contributed by atoms with Gasteiger partial charge in [-0.2, -0.15) is 0 Å². The SMILES string of the molecule is Cc1nccc2c1[nH]c1cc(OCc3cn(C/C=C/c4ccc(F)cc4)nn3)ccc12. The van der Waals surface area contributed by atoms with Crippen molar-refractivity contribution in [2.75, 3.05) is 0 Å². The maximum Gasteiger partial charge on any atom is 0.134 e. The second-order valence-electron chi connectivity index (χ2n) is 7.33. The first-order valence-corrected chi connectivity index (χ1v) is 9.97. The quantitative estimate of drug-likeness (QED) is 0.423. The molecule has 0 aliphatic rings. The van der Waals surface area contributed by atoms with Gasteiger partial charge in [0.1, 0.15) is 23.9 Å². The van der Waals surface area contributed by atoms with Crippen LogP contribution in [-0.4, -0.2) is 25.0 Å². The first-order valence-electron chi connectivity index (χ1n) is 9.97. The minimum absolute atomic E-state index is 0.242. The molecule has 0 bridgehead atoms. The second kappa shape index (κ2) is 8.02. The van der Waals surface area contributed by atoms with Crippen LogP contribution in [0, 0.1) is 12.7 Å². The fourth-order valence-corrected chi connectivity index (χ4v) is 3.56. The number of hydrogen-bond acceptors (Lipinski definition) is 4. The summed E-state index contributed by atoms with van der Waals surface area (Å²) in [6.45, 7) is 2.89. The van der Waals surface area contributed by atoms with Crippen LogP contribution in [0.25, 0.3) is 27.9 Å². The molecule has 1 N–H and O–H groups in total. The van der Waals surface area contributed by atoms with E-state index in [-0.39, 0.29) is 5.82 Å². The van der Waals surface area contributed by atoms with Crippen molar-refractivity contribution in [3.05, 3.63) is 89.8 Å². The van der Waals surface area contributed by atoms with Crippen LogP contribution < -0.4 is 4.74 Å². The van der Waals surface area contributed by atoms with Gasteiger partial charge < -0.3 is 9.72 Å². The van der Waals surface area contributed by atoms with Gasteiger partial charge in [0.15, 0.2) is 0 Å². The molecular weight excluding hydrogens is 393 g/mol. The van der Waals surface area contributed by atoms with Crippen LogP contribution in [0.3, 0.4) is 0 Å². The molecule has 0 spiro atoms. The summed E-state index contributed by atoms with van der Waals surface area (Å²) in [6, 6.07) is 14.4. The molecule has 3 aromatic heterocycles. The smallest absolute Gasteiger partial charge is 0.134 e. The van der Waals surface area contributed by atoms with E-state index < -0.39 is 0 Å². The van der Waals surface area contributed by atoms with Gasteiger partial charge in [-0.25, -0.2) is 9.07 Å². The van der Waals surface area contributed by atoms with E-state index in [2.05, 4.69) is 26.3 Å². The van der Waals surface area contributed by atoms with Crippen LogP contribution in [-0.2, 0) is 13.2 Å². The number of halogens is 1. The fraction of sp³-hybridized carbons (Fsp3) is 0.125. The molecule has 0 saturated carbocycles. The molecule has 3 heterocycles. The summed E-state index contributed by atoms with van der Waals surface area (Å²) in [5.41, 5.74) is 4.71. The molecule has 0 saturated heterocycles. The number of fused-ring (bicyclic) bond motifs is 3. The molecular formula is C24H20FN5O. The Balaban J connectivity index is 1.23. The van der Waals surface area contributed by atoms with Crippen molar-refractivity contribution in [1.82, 2.24) is 25.0 Å². The average Bonchev–Trinajstić information content (AvgIpc) is 3.38. The maximum atomic E-state index is 13.0. The highest BCUT2D eigenvalue weighted by Gasteiger charge is 2.08. The molecule has 0 amide bonds. The fourth-order valence-electron chi connectivity index (χ4n) is 3.56. The highest BCUT2D eigenvalue weighted by atomic mass is 19.1. The highest BCUT2D eigenvalue weighted by molar-refractivity contribution is 6.08. The van der Waals surface area contributed by atoms with Crippen LogP contribution in [0.5, 0.6) is 5.75 Å². The van der Waals surface area contributed by atoms with Crippen LogP contribution >= 0.6 is 0 Å². The van der Waals surface area contributed by atoms with Crippen molar-refractivity contribution in [2.24, 2.45) is 0 Å². The minimum Gasteiger partial charge on any atom is -0.487 e. The van der Waals surface area contributed by atoms with Gasteiger partial charge in [0, 0.05) is 23.0 Å². The first-order chi connectivity index (χ1) is 15.2. The van der Waals surface area contributed by atoms with Crippen molar-refractivity contribution in [1.29, 1.82) is 0 Å². The highest BCUT2D eigenvalue weighted by Crippen LogP contribution is 2.29. The summed E-state index contributed by atoms with van der Waals surface area (Å²) in [5, 5.41) is 10.6. The van der Waals surface area contributed by atoms with E-state index in [1.54, 1.807) is 16.8 Å². The predicted molar refractivity (Wildman–Crippen MR) is 118 cm³/mol. The zero-order valence-corrected chi connectivity index (χ0v) is 16.9. The molecule has 5 rings (SSSR count). The van der Waals surface area contributed by atoms with Crippen molar-refractivity contribution in [3.8, 4) is 5.75 Å². The number of allylic oxidation sites excluding steroid dienone is 1. The number of hydrogen-bond donors (Lipinski definition) is 1. The lowest BCUT2D eigenvalue weighted by molar-refractivity contribution is 0.301. The summed E-state index contributed by atoms with van der Waals surface area (Å²) >= 11 is 0. The predicted octanol–water partition coefficient (Wildman–Crippen LogP) is 5.05. The third-order valence-electron chi connectivity index (χ3n) is 5.13. The number of aromatic amines is 1. The van der Waals surface area contributed by atoms with E-state index in [0.717, 1.165) is 44.5 Å².